The first-order chi connectivity index (χ1) is 24.1. The minimum absolute atomic E-state index is 0.106. The maximum Gasteiger partial charge on any atom is 0.143 e. The van der Waals surface area contributed by atoms with Gasteiger partial charge in [0.2, 0.25) is 0 Å². The fraction of sp³-hybridized carbons (Fsp3) is 0.0638. The van der Waals surface area contributed by atoms with Crippen LogP contribution in [0.5, 0.6) is 0 Å². The number of fused-ring (bicyclic) bond motifs is 8. The molecule has 232 valence electrons. The molecule has 0 saturated heterocycles. The lowest BCUT2D eigenvalue weighted by molar-refractivity contribution is 0.660. The third-order valence-electron chi connectivity index (χ3n) is 10.6. The molecular formula is C47H33NO. The molecule has 0 spiro atoms. The number of para-hydroxylation sites is 1. The van der Waals surface area contributed by atoms with Crippen LogP contribution >= 0.6 is 0 Å². The van der Waals surface area contributed by atoms with Crippen LogP contribution in [-0.2, 0) is 5.41 Å². The lowest BCUT2D eigenvalue weighted by Crippen LogP contribution is -2.16. The Morgan fingerprint density at radius 2 is 1.14 bits per heavy atom. The van der Waals surface area contributed by atoms with Gasteiger partial charge in [-0.15, -0.1) is 0 Å². The molecule has 0 unspecified atom stereocenters. The molecule has 0 amide bonds. The monoisotopic (exact) mass is 627 g/mol. The van der Waals surface area contributed by atoms with Gasteiger partial charge in [-0.2, -0.15) is 0 Å². The number of benzene rings is 8. The molecule has 2 nitrogen and oxygen atoms in total. The topological polar surface area (TPSA) is 16.4 Å². The third-order valence-corrected chi connectivity index (χ3v) is 10.6. The molecule has 1 heterocycles. The Morgan fingerprint density at radius 1 is 0.469 bits per heavy atom. The van der Waals surface area contributed by atoms with Gasteiger partial charge in [-0.1, -0.05) is 135 Å². The van der Waals surface area contributed by atoms with Crippen LogP contribution in [0.3, 0.4) is 0 Å². The van der Waals surface area contributed by atoms with Gasteiger partial charge in [0.15, 0.2) is 0 Å². The summed E-state index contributed by atoms with van der Waals surface area (Å²) >= 11 is 0. The minimum atomic E-state index is -0.106. The van der Waals surface area contributed by atoms with Crippen LogP contribution < -0.4 is 4.90 Å². The number of rotatable bonds is 4. The molecule has 49 heavy (non-hydrogen) atoms. The number of hydrogen-bond acceptors (Lipinski definition) is 2. The molecule has 0 aliphatic heterocycles. The zero-order chi connectivity index (χ0) is 32.7. The van der Waals surface area contributed by atoms with Crippen molar-refractivity contribution in [1.29, 1.82) is 0 Å². The number of hydrogen-bond donors (Lipinski definition) is 0. The Morgan fingerprint density at radius 3 is 2.02 bits per heavy atom. The summed E-state index contributed by atoms with van der Waals surface area (Å²) in [5.74, 6) is 0. The normalized spacial score (nSPS) is 13.3. The highest BCUT2D eigenvalue weighted by atomic mass is 16.3. The van der Waals surface area contributed by atoms with Crippen LogP contribution in [0.4, 0.5) is 17.1 Å². The van der Waals surface area contributed by atoms with Gasteiger partial charge in [-0.05, 0) is 91.8 Å². The molecule has 0 saturated carbocycles. The first kappa shape index (κ1) is 27.9. The maximum atomic E-state index is 6.98. The van der Waals surface area contributed by atoms with E-state index in [0.29, 0.717) is 0 Å². The fourth-order valence-corrected chi connectivity index (χ4v) is 8.34. The molecule has 2 heteroatoms. The predicted octanol–water partition coefficient (Wildman–Crippen LogP) is 13.3. The SMILES string of the molecule is CC1(C)c2ccccc2-c2ccc(N(c3ccccc3)c3cccc4oc5c(-c6cccc7ccccc67)c6ccccc6cc5c34)cc21. The van der Waals surface area contributed by atoms with E-state index in [1.54, 1.807) is 0 Å². The van der Waals surface area contributed by atoms with Crippen LogP contribution in [0.25, 0.3) is 65.7 Å². The molecule has 0 bridgehead atoms. The smallest absolute Gasteiger partial charge is 0.143 e. The van der Waals surface area contributed by atoms with Gasteiger partial charge in [0.25, 0.3) is 0 Å². The summed E-state index contributed by atoms with van der Waals surface area (Å²) in [5.41, 5.74) is 12.7. The van der Waals surface area contributed by atoms with Gasteiger partial charge in [0, 0.05) is 27.7 Å². The molecule has 0 N–H and O–H groups in total. The summed E-state index contributed by atoms with van der Waals surface area (Å²) in [7, 11) is 0. The summed E-state index contributed by atoms with van der Waals surface area (Å²) in [6.07, 6.45) is 0. The highest BCUT2D eigenvalue weighted by Gasteiger charge is 2.36. The Balaban J connectivity index is 1.28. The number of anilines is 3. The first-order valence-corrected chi connectivity index (χ1v) is 17.0. The van der Waals surface area contributed by atoms with Gasteiger partial charge in [0.05, 0.1) is 11.1 Å². The summed E-state index contributed by atoms with van der Waals surface area (Å²) in [4.78, 5) is 2.41. The van der Waals surface area contributed by atoms with Gasteiger partial charge in [0.1, 0.15) is 11.2 Å². The zero-order valence-electron chi connectivity index (χ0n) is 27.4. The molecule has 1 aliphatic carbocycles. The van der Waals surface area contributed by atoms with Crippen molar-refractivity contribution in [1.82, 2.24) is 0 Å². The third kappa shape index (κ3) is 4.07. The van der Waals surface area contributed by atoms with Gasteiger partial charge >= 0.3 is 0 Å². The van der Waals surface area contributed by atoms with E-state index in [2.05, 4.69) is 183 Å². The number of nitrogens with zero attached hydrogens (tertiary/aromatic N) is 1. The van der Waals surface area contributed by atoms with Crippen LogP contribution in [0.1, 0.15) is 25.0 Å². The Labute approximate surface area is 285 Å². The van der Waals surface area contributed by atoms with Crippen molar-refractivity contribution in [2.24, 2.45) is 0 Å². The van der Waals surface area contributed by atoms with Crippen LogP contribution in [0.15, 0.2) is 168 Å². The highest BCUT2D eigenvalue weighted by Crippen LogP contribution is 2.52. The quantitative estimate of drug-likeness (QED) is 0.193. The van der Waals surface area contributed by atoms with Crippen molar-refractivity contribution in [2.75, 3.05) is 4.90 Å². The largest absolute Gasteiger partial charge is 0.455 e. The van der Waals surface area contributed by atoms with Crippen LogP contribution in [0.2, 0.25) is 0 Å². The van der Waals surface area contributed by atoms with Crippen molar-refractivity contribution >= 4 is 60.5 Å². The van der Waals surface area contributed by atoms with Crippen molar-refractivity contribution < 1.29 is 4.42 Å². The van der Waals surface area contributed by atoms with E-state index >= 15 is 0 Å². The van der Waals surface area contributed by atoms with E-state index in [4.69, 9.17) is 4.42 Å². The van der Waals surface area contributed by atoms with Crippen molar-refractivity contribution in [3.05, 3.63) is 175 Å². The Bertz CT molecular complexity index is 2750. The molecular weight excluding hydrogens is 595 g/mol. The summed E-state index contributed by atoms with van der Waals surface area (Å²) in [6.45, 7) is 4.69. The second-order valence-corrected chi connectivity index (χ2v) is 13.7. The molecule has 0 atom stereocenters. The Hall–Kier alpha value is -6.12. The summed E-state index contributed by atoms with van der Waals surface area (Å²) in [5, 5.41) is 7.04. The second-order valence-electron chi connectivity index (χ2n) is 13.7. The second kappa shape index (κ2) is 10.4. The minimum Gasteiger partial charge on any atom is -0.455 e. The van der Waals surface area contributed by atoms with Crippen molar-refractivity contribution in [3.63, 3.8) is 0 Å². The van der Waals surface area contributed by atoms with Gasteiger partial charge < -0.3 is 9.32 Å². The van der Waals surface area contributed by atoms with Crippen molar-refractivity contribution in [2.45, 2.75) is 19.3 Å². The lowest BCUT2D eigenvalue weighted by Gasteiger charge is -2.28. The number of furan rings is 1. The standard InChI is InChI=1S/C47H33NO/c1-47(2)40-23-11-10-21-36(40)37-27-26-33(29-41(37)47)48(32-17-4-3-5-18-32)42-24-13-25-43-45(42)39-28-31-15-7-9-20-35(31)44(46(39)49-43)38-22-12-16-30-14-6-8-19-34(30)38/h3-29H,1-2H3. The van der Waals surface area contributed by atoms with Gasteiger partial charge in [-0.25, -0.2) is 0 Å². The first-order valence-electron chi connectivity index (χ1n) is 17.0. The zero-order valence-corrected chi connectivity index (χ0v) is 27.4. The summed E-state index contributed by atoms with van der Waals surface area (Å²) < 4.78 is 6.98. The molecule has 0 radical (unpaired) electrons. The van der Waals surface area contributed by atoms with E-state index in [1.165, 1.54) is 49.4 Å². The van der Waals surface area contributed by atoms with E-state index in [1.807, 2.05) is 0 Å². The van der Waals surface area contributed by atoms with Crippen LogP contribution in [-0.4, -0.2) is 0 Å². The molecule has 1 aliphatic rings. The average molecular weight is 628 g/mol. The van der Waals surface area contributed by atoms with Gasteiger partial charge in [-0.3, -0.25) is 0 Å². The molecule has 0 fully saturated rings. The highest BCUT2D eigenvalue weighted by molar-refractivity contribution is 6.23. The lowest BCUT2D eigenvalue weighted by atomic mass is 9.82. The summed E-state index contributed by atoms with van der Waals surface area (Å²) in [6, 6.07) is 59.3. The predicted molar refractivity (Wildman–Crippen MR) is 206 cm³/mol. The molecule has 8 aromatic carbocycles. The van der Waals surface area contributed by atoms with Crippen molar-refractivity contribution in [3.8, 4) is 22.3 Å². The van der Waals surface area contributed by atoms with E-state index in [0.717, 1.165) is 44.6 Å². The van der Waals surface area contributed by atoms with E-state index in [9.17, 15) is 0 Å². The van der Waals surface area contributed by atoms with E-state index < -0.39 is 0 Å². The maximum absolute atomic E-state index is 6.98. The van der Waals surface area contributed by atoms with Crippen LogP contribution in [0, 0.1) is 0 Å². The molecule has 1 aromatic heterocycles. The fourth-order valence-electron chi connectivity index (χ4n) is 8.34. The average Bonchev–Trinajstić information content (AvgIpc) is 3.63. The van der Waals surface area contributed by atoms with E-state index in [-0.39, 0.29) is 5.41 Å². The molecule has 9 aromatic rings. The molecule has 10 rings (SSSR count). The Kier molecular flexibility index (Phi) is 5.95.